The molecule has 1 aliphatic rings. The van der Waals surface area contributed by atoms with Gasteiger partial charge in [-0.25, -0.2) is 0 Å². The van der Waals surface area contributed by atoms with Crippen molar-refractivity contribution in [3.05, 3.63) is 35.9 Å². The van der Waals surface area contributed by atoms with E-state index in [1.54, 1.807) is 0 Å². The topological polar surface area (TPSA) is 46.3 Å². The Balaban J connectivity index is 2.04. The van der Waals surface area contributed by atoms with Gasteiger partial charge in [-0.3, -0.25) is 9.69 Å². The van der Waals surface area contributed by atoms with Crippen LogP contribution in [0.3, 0.4) is 0 Å². The lowest BCUT2D eigenvalue weighted by Gasteiger charge is -2.38. The molecule has 0 spiro atoms. The minimum Gasteiger partial charge on any atom is -0.369 e. The monoisotopic (exact) mass is 246 g/mol. The number of benzene rings is 1. The van der Waals surface area contributed by atoms with Crippen LogP contribution in [0.1, 0.15) is 31.2 Å². The number of primary amides is 1. The van der Waals surface area contributed by atoms with E-state index in [1.807, 2.05) is 0 Å². The standard InChI is InChI=1S/C15H22N2O/c1-2-12-10-17(11-15(16)18)9-8-14(12)13-6-4-3-5-7-13/h3-7,12,14H,2,8-11H2,1H3,(H2,16,18)/t12-,14+/m0/s1. The zero-order chi connectivity index (χ0) is 13.0. The summed E-state index contributed by atoms with van der Waals surface area (Å²) in [5, 5.41) is 0. The van der Waals surface area contributed by atoms with Gasteiger partial charge in [-0.2, -0.15) is 0 Å². The molecule has 1 aromatic carbocycles. The molecule has 0 unspecified atom stereocenters. The highest BCUT2D eigenvalue weighted by atomic mass is 16.1. The van der Waals surface area contributed by atoms with Gasteiger partial charge in [-0.05, 0) is 30.4 Å². The summed E-state index contributed by atoms with van der Waals surface area (Å²) in [6, 6.07) is 10.7. The maximum absolute atomic E-state index is 11.0. The number of hydrogen-bond acceptors (Lipinski definition) is 2. The molecule has 3 heteroatoms. The maximum atomic E-state index is 11.0. The molecule has 2 rings (SSSR count). The molecule has 98 valence electrons. The van der Waals surface area contributed by atoms with Gasteiger partial charge < -0.3 is 5.73 Å². The Kier molecular flexibility index (Phi) is 4.37. The second-order valence-electron chi connectivity index (χ2n) is 5.18. The first-order valence-electron chi connectivity index (χ1n) is 6.76. The fraction of sp³-hybridized carbons (Fsp3) is 0.533. The number of piperidine rings is 1. The normalized spacial score (nSPS) is 24.9. The zero-order valence-electron chi connectivity index (χ0n) is 11.0. The molecule has 1 aromatic rings. The summed E-state index contributed by atoms with van der Waals surface area (Å²) in [5.74, 6) is 1.03. The van der Waals surface area contributed by atoms with E-state index in [0.29, 0.717) is 18.4 Å². The Morgan fingerprint density at radius 3 is 2.72 bits per heavy atom. The molecule has 1 fully saturated rings. The van der Waals surface area contributed by atoms with Gasteiger partial charge in [0.05, 0.1) is 6.54 Å². The number of carbonyl (C=O) groups is 1. The lowest BCUT2D eigenvalue weighted by molar-refractivity contribution is -0.119. The molecule has 0 aromatic heterocycles. The predicted molar refractivity (Wildman–Crippen MR) is 73.2 cm³/mol. The van der Waals surface area contributed by atoms with Crippen LogP contribution in [0, 0.1) is 5.92 Å². The number of hydrogen-bond donors (Lipinski definition) is 1. The maximum Gasteiger partial charge on any atom is 0.231 e. The molecule has 1 heterocycles. The number of likely N-dealkylation sites (tertiary alicyclic amines) is 1. The van der Waals surface area contributed by atoms with Crippen molar-refractivity contribution in [1.29, 1.82) is 0 Å². The summed E-state index contributed by atoms with van der Waals surface area (Å²) >= 11 is 0. The van der Waals surface area contributed by atoms with Crippen LogP contribution in [0.25, 0.3) is 0 Å². The summed E-state index contributed by atoms with van der Waals surface area (Å²) in [6.45, 7) is 4.59. The van der Waals surface area contributed by atoms with Crippen molar-refractivity contribution >= 4 is 5.91 Å². The predicted octanol–water partition coefficient (Wildman–Crippen LogP) is 1.99. The minimum atomic E-state index is -0.219. The molecule has 0 radical (unpaired) electrons. The molecule has 1 amide bonds. The van der Waals surface area contributed by atoms with Gasteiger partial charge in [0.15, 0.2) is 0 Å². The second-order valence-corrected chi connectivity index (χ2v) is 5.18. The molecule has 0 bridgehead atoms. The fourth-order valence-electron chi connectivity index (χ4n) is 3.02. The molecule has 18 heavy (non-hydrogen) atoms. The van der Waals surface area contributed by atoms with Gasteiger partial charge in [0.25, 0.3) is 0 Å². The van der Waals surface area contributed by atoms with Gasteiger partial charge >= 0.3 is 0 Å². The van der Waals surface area contributed by atoms with Gasteiger partial charge in [0, 0.05) is 6.54 Å². The van der Waals surface area contributed by atoms with Crippen LogP contribution in [0.15, 0.2) is 30.3 Å². The van der Waals surface area contributed by atoms with E-state index in [9.17, 15) is 4.79 Å². The highest BCUT2D eigenvalue weighted by Crippen LogP contribution is 2.34. The highest BCUT2D eigenvalue weighted by molar-refractivity contribution is 5.75. The molecule has 1 aliphatic heterocycles. The third-order valence-corrected chi connectivity index (χ3v) is 3.95. The third kappa shape index (κ3) is 3.10. The number of nitrogens with zero attached hydrogens (tertiary/aromatic N) is 1. The van der Waals surface area contributed by atoms with Crippen LogP contribution in [-0.2, 0) is 4.79 Å². The van der Waals surface area contributed by atoms with Gasteiger partial charge in [-0.1, -0.05) is 43.7 Å². The first kappa shape index (κ1) is 13.1. The van der Waals surface area contributed by atoms with E-state index in [0.717, 1.165) is 25.9 Å². The van der Waals surface area contributed by atoms with Crippen molar-refractivity contribution in [2.24, 2.45) is 11.7 Å². The van der Waals surface area contributed by atoms with Crippen molar-refractivity contribution < 1.29 is 4.79 Å². The zero-order valence-corrected chi connectivity index (χ0v) is 11.0. The van der Waals surface area contributed by atoms with Crippen LogP contribution < -0.4 is 5.73 Å². The largest absolute Gasteiger partial charge is 0.369 e. The number of amides is 1. The summed E-state index contributed by atoms with van der Waals surface area (Å²) < 4.78 is 0. The average Bonchev–Trinajstić information content (AvgIpc) is 2.39. The molecule has 0 saturated carbocycles. The number of nitrogens with two attached hydrogens (primary N) is 1. The Morgan fingerprint density at radius 2 is 2.11 bits per heavy atom. The van der Waals surface area contributed by atoms with Crippen molar-refractivity contribution in [2.45, 2.75) is 25.7 Å². The van der Waals surface area contributed by atoms with Crippen LogP contribution in [-0.4, -0.2) is 30.4 Å². The van der Waals surface area contributed by atoms with Crippen molar-refractivity contribution in [3.8, 4) is 0 Å². The molecular formula is C15H22N2O. The highest BCUT2D eigenvalue weighted by Gasteiger charge is 2.29. The van der Waals surface area contributed by atoms with Crippen molar-refractivity contribution in [1.82, 2.24) is 4.90 Å². The lowest BCUT2D eigenvalue weighted by Crippen LogP contribution is -2.43. The van der Waals surface area contributed by atoms with E-state index in [1.165, 1.54) is 5.56 Å². The molecule has 3 nitrogen and oxygen atoms in total. The lowest BCUT2D eigenvalue weighted by atomic mass is 9.79. The van der Waals surface area contributed by atoms with E-state index in [4.69, 9.17) is 5.73 Å². The van der Waals surface area contributed by atoms with Crippen molar-refractivity contribution in [2.75, 3.05) is 19.6 Å². The average molecular weight is 246 g/mol. The summed E-state index contributed by atoms with van der Waals surface area (Å²) in [4.78, 5) is 13.2. The number of rotatable bonds is 4. The van der Waals surface area contributed by atoms with E-state index in [2.05, 4.69) is 42.2 Å². The molecule has 2 N–H and O–H groups in total. The fourth-order valence-corrected chi connectivity index (χ4v) is 3.02. The van der Waals surface area contributed by atoms with Crippen LogP contribution in [0.5, 0.6) is 0 Å². The Labute approximate surface area is 109 Å². The van der Waals surface area contributed by atoms with Crippen LogP contribution >= 0.6 is 0 Å². The molecule has 2 atom stereocenters. The van der Waals surface area contributed by atoms with Gasteiger partial charge in [-0.15, -0.1) is 0 Å². The van der Waals surface area contributed by atoms with E-state index in [-0.39, 0.29) is 5.91 Å². The first-order valence-corrected chi connectivity index (χ1v) is 6.76. The second kappa shape index (κ2) is 6.01. The number of carbonyl (C=O) groups excluding carboxylic acids is 1. The summed E-state index contributed by atoms with van der Waals surface area (Å²) in [5.41, 5.74) is 6.71. The van der Waals surface area contributed by atoms with Crippen molar-refractivity contribution in [3.63, 3.8) is 0 Å². The molecule has 0 aliphatic carbocycles. The minimum absolute atomic E-state index is 0.219. The first-order chi connectivity index (χ1) is 8.70. The molecule has 1 saturated heterocycles. The van der Waals surface area contributed by atoms with E-state index < -0.39 is 0 Å². The van der Waals surface area contributed by atoms with Gasteiger partial charge in [0.1, 0.15) is 0 Å². The SMILES string of the molecule is CC[C@H]1CN(CC(N)=O)CC[C@H]1c1ccccc1. The quantitative estimate of drug-likeness (QED) is 0.883. The Bertz CT molecular complexity index is 391. The molecular weight excluding hydrogens is 224 g/mol. The van der Waals surface area contributed by atoms with Crippen LogP contribution in [0.4, 0.5) is 0 Å². The summed E-state index contributed by atoms with van der Waals surface area (Å²) in [6.07, 6.45) is 2.27. The third-order valence-electron chi connectivity index (χ3n) is 3.95. The smallest absolute Gasteiger partial charge is 0.231 e. The summed E-state index contributed by atoms with van der Waals surface area (Å²) in [7, 11) is 0. The Morgan fingerprint density at radius 1 is 1.39 bits per heavy atom. The Hall–Kier alpha value is -1.35. The van der Waals surface area contributed by atoms with E-state index >= 15 is 0 Å². The van der Waals surface area contributed by atoms with Gasteiger partial charge in [0.2, 0.25) is 5.91 Å². The van der Waals surface area contributed by atoms with Crippen LogP contribution in [0.2, 0.25) is 0 Å².